The fourth-order valence-electron chi connectivity index (χ4n) is 8.73. The fraction of sp³-hybridized carbons (Fsp3) is 0.882. The summed E-state index contributed by atoms with van der Waals surface area (Å²) in [6, 6.07) is -6.13. The van der Waals surface area contributed by atoms with Gasteiger partial charge in [0, 0.05) is 57.9 Å². The lowest BCUT2D eigenvalue weighted by Crippen LogP contribution is -2.77. The van der Waals surface area contributed by atoms with Crippen LogP contribution in [0.2, 0.25) is 0 Å². The highest BCUT2D eigenvalue weighted by Crippen LogP contribution is 2.35. The molecule has 5 aliphatic rings. The molecule has 21 N–H and O–H groups in total. The molecular formula is C34H56N4O22. The zero-order chi connectivity index (χ0) is 45.0. The lowest BCUT2D eigenvalue weighted by atomic mass is 9.77. The molecule has 26 heteroatoms. The second-order valence-corrected chi connectivity index (χ2v) is 17.0. The number of hydrogen-bond donors (Lipinski definition) is 21. The van der Waals surface area contributed by atoms with Crippen LogP contribution in [0.3, 0.4) is 0 Å². The number of aliphatic hydroxyl groups is 17. The summed E-state index contributed by atoms with van der Waals surface area (Å²) in [6.45, 7) is -0.901. The molecule has 4 saturated carbocycles. The molecule has 0 radical (unpaired) electrons. The Kier molecular flexibility index (Phi) is 14.2. The Hall–Kier alpha value is -2.84. The minimum absolute atomic E-state index is 0.796. The quantitative estimate of drug-likeness (QED) is 0.102. The van der Waals surface area contributed by atoms with Crippen molar-refractivity contribution in [2.75, 3.05) is 6.54 Å². The molecule has 26 nitrogen and oxygen atoms in total. The molecule has 5 rings (SSSR count). The van der Waals surface area contributed by atoms with Crippen molar-refractivity contribution < 1.29 is 111 Å². The summed E-state index contributed by atoms with van der Waals surface area (Å²) in [6.07, 6.45) is -33.3. The van der Waals surface area contributed by atoms with Crippen LogP contribution in [0.5, 0.6) is 0 Å². The maximum atomic E-state index is 14.0. The monoisotopic (exact) mass is 872 g/mol. The van der Waals surface area contributed by atoms with E-state index in [2.05, 4.69) is 21.3 Å². The number of ether oxygens (including phenoxy) is 1. The van der Waals surface area contributed by atoms with E-state index >= 15 is 0 Å². The molecule has 1 aliphatic heterocycles. The van der Waals surface area contributed by atoms with Gasteiger partial charge in [0.05, 0.1) is 60.9 Å². The van der Waals surface area contributed by atoms with E-state index in [0.717, 1.165) is 0 Å². The van der Waals surface area contributed by atoms with Gasteiger partial charge in [0.2, 0.25) is 0 Å². The summed E-state index contributed by atoms with van der Waals surface area (Å²) < 4.78 is 5.66. The molecule has 0 aromatic heterocycles. The third-order valence-corrected chi connectivity index (χ3v) is 12.4. The average Bonchev–Trinajstić information content (AvgIpc) is 3.15. The molecule has 1 saturated heterocycles. The number of carbonyl (C=O) groups is 4. The first-order valence-corrected chi connectivity index (χ1v) is 19.3. The Morgan fingerprint density at radius 1 is 0.400 bits per heavy atom. The third-order valence-electron chi connectivity index (χ3n) is 12.4. The van der Waals surface area contributed by atoms with Gasteiger partial charge in [0.15, 0.2) is 6.29 Å². The molecule has 5 fully saturated rings. The zero-order valence-electron chi connectivity index (χ0n) is 31.8. The van der Waals surface area contributed by atoms with Crippen molar-refractivity contribution in [2.24, 2.45) is 0 Å². The lowest BCUT2D eigenvalue weighted by molar-refractivity contribution is -0.208. The molecule has 60 heavy (non-hydrogen) atoms. The van der Waals surface area contributed by atoms with Gasteiger partial charge < -0.3 is 113 Å². The standard InChI is InChI=1S/C34H56N4O22/c39-10-1-31(56,2-11(40)22(10)47)27(52)35-9-18-19(36-28(53)32(57)3-12(41)23(48)13(42)4-32)20(37-29(54)33(58)5-14(43)24(49)15(44)6-33)21(26(51)60-18)38-30(55)34(59)7-16(45)25(50)17(46)8-34/h10-26,39-51,56-59H,1-9H2,(H,35,52)(H,36,53)(H,37,54)(H,38,55)/t10-,11-,12-,13-,14-,15-,16-,17-,18?,19?,20?,21?,22?,23?,24?,25?,26?,31?,32?,33?,34?/m1/s1. The molecule has 0 spiro atoms. The number of aliphatic hydroxyl groups excluding tert-OH is 13. The van der Waals surface area contributed by atoms with E-state index in [4.69, 9.17) is 4.74 Å². The number of hydrogen-bond acceptors (Lipinski definition) is 22. The van der Waals surface area contributed by atoms with E-state index in [1.54, 1.807) is 0 Å². The van der Waals surface area contributed by atoms with Crippen molar-refractivity contribution in [3.8, 4) is 0 Å². The van der Waals surface area contributed by atoms with Crippen molar-refractivity contribution in [1.82, 2.24) is 21.3 Å². The van der Waals surface area contributed by atoms with Gasteiger partial charge in [-0.15, -0.1) is 0 Å². The molecule has 4 aliphatic carbocycles. The maximum absolute atomic E-state index is 14.0. The van der Waals surface area contributed by atoms with Crippen LogP contribution in [-0.4, -0.2) is 243 Å². The first kappa shape index (κ1) is 48.2. The molecule has 0 aromatic carbocycles. The van der Waals surface area contributed by atoms with E-state index in [1.807, 2.05) is 0 Å². The summed E-state index contributed by atoms with van der Waals surface area (Å²) in [4.78, 5) is 55.0. The number of amides is 4. The first-order valence-electron chi connectivity index (χ1n) is 19.3. The summed E-state index contributed by atoms with van der Waals surface area (Å²) in [5.41, 5.74) is -10.7. The van der Waals surface area contributed by atoms with Crippen molar-refractivity contribution in [1.29, 1.82) is 0 Å². The highest BCUT2D eigenvalue weighted by atomic mass is 16.6. The third kappa shape index (κ3) is 9.55. The molecular weight excluding hydrogens is 816 g/mol. The molecule has 5 unspecified atom stereocenters. The van der Waals surface area contributed by atoms with Crippen LogP contribution in [0.15, 0.2) is 0 Å². The lowest BCUT2D eigenvalue weighted by Gasteiger charge is -2.49. The van der Waals surface area contributed by atoms with E-state index in [-0.39, 0.29) is 0 Å². The summed E-state index contributed by atoms with van der Waals surface area (Å²) in [7, 11) is 0. The van der Waals surface area contributed by atoms with Gasteiger partial charge >= 0.3 is 0 Å². The summed E-state index contributed by atoms with van der Waals surface area (Å²) in [5, 5.41) is 187. The second-order valence-electron chi connectivity index (χ2n) is 17.0. The highest BCUT2D eigenvalue weighted by molar-refractivity contribution is 5.88. The Bertz CT molecular complexity index is 1540. The van der Waals surface area contributed by atoms with Crippen LogP contribution in [-0.2, 0) is 23.9 Å². The zero-order valence-corrected chi connectivity index (χ0v) is 31.8. The van der Waals surface area contributed by atoms with Gasteiger partial charge in [-0.2, -0.15) is 0 Å². The van der Waals surface area contributed by atoms with Gasteiger partial charge in [-0.1, -0.05) is 0 Å². The fourth-order valence-corrected chi connectivity index (χ4v) is 8.73. The molecule has 4 amide bonds. The van der Waals surface area contributed by atoms with Crippen LogP contribution in [0.4, 0.5) is 0 Å². The summed E-state index contributed by atoms with van der Waals surface area (Å²) in [5.74, 6) is -5.76. The minimum atomic E-state index is -2.75. The van der Waals surface area contributed by atoms with Crippen LogP contribution in [0.25, 0.3) is 0 Å². The predicted octanol–water partition coefficient (Wildman–Crippen LogP) is -12.3. The van der Waals surface area contributed by atoms with E-state index in [9.17, 15) is 106 Å². The number of carbonyl (C=O) groups excluding carboxylic acids is 4. The average molecular weight is 873 g/mol. The van der Waals surface area contributed by atoms with Gasteiger partial charge in [0.1, 0.15) is 59.0 Å². The van der Waals surface area contributed by atoms with Gasteiger partial charge in [0.25, 0.3) is 23.6 Å². The molecule has 0 bridgehead atoms. The van der Waals surface area contributed by atoms with E-state index < -0.39 is 208 Å². The minimum Gasteiger partial charge on any atom is -0.390 e. The molecule has 13 atom stereocenters. The van der Waals surface area contributed by atoms with Crippen molar-refractivity contribution in [3.63, 3.8) is 0 Å². The highest BCUT2D eigenvalue weighted by Gasteiger charge is 2.57. The predicted molar refractivity (Wildman–Crippen MR) is 188 cm³/mol. The van der Waals surface area contributed by atoms with Crippen LogP contribution in [0, 0.1) is 0 Å². The van der Waals surface area contributed by atoms with Gasteiger partial charge in [-0.05, 0) is 0 Å². The second kappa shape index (κ2) is 17.7. The van der Waals surface area contributed by atoms with Crippen LogP contribution in [0.1, 0.15) is 51.4 Å². The Morgan fingerprint density at radius 3 is 0.950 bits per heavy atom. The van der Waals surface area contributed by atoms with Crippen LogP contribution >= 0.6 is 0 Å². The largest absolute Gasteiger partial charge is 0.390 e. The van der Waals surface area contributed by atoms with Crippen molar-refractivity contribution >= 4 is 23.6 Å². The summed E-state index contributed by atoms with van der Waals surface area (Å²) >= 11 is 0. The molecule has 0 aromatic rings. The maximum Gasteiger partial charge on any atom is 0.252 e. The molecule has 1 heterocycles. The van der Waals surface area contributed by atoms with Crippen molar-refractivity contribution in [2.45, 2.75) is 178 Å². The number of rotatable bonds is 9. The molecule has 344 valence electrons. The Balaban J connectivity index is 1.53. The van der Waals surface area contributed by atoms with Crippen LogP contribution < -0.4 is 21.3 Å². The topological polar surface area (TPSA) is 470 Å². The first-order chi connectivity index (χ1) is 27.6. The van der Waals surface area contributed by atoms with E-state index in [0.29, 0.717) is 0 Å². The van der Waals surface area contributed by atoms with Gasteiger partial charge in [-0.25, -0.2) is 0 Å². The smallest absolute Gasteiger partial charge is 0.252 e. The Labute approximate surface area is 339 Å². The number of nitrogens with one attached hydrogen (secondary N) is 4. The van der Waals surface area contributed by atoms with Crippen molar-refractivity contribution in [3.05, 3.63) is 0 Å². The normalized spacial score (nSPS) is 49.9. The SMILES string of the molecule is O=C(NCC1OC(O)C(NC(=O)C2(O)C[C@@H](O)C(O)[C@H](O)C2)C(NC(=O)C2(O)C[C@@H](O)C(O)[C@H](O)C2)C1NC(=O)C1(O)C[C@@H](O)C(O)[C@H](O)C1)C1(O)C[C@@H](O)C(O)[C@H](O)C1. The van der Waals surface area contributed by atoms with Gasteiger partial charge in [-0.3, -0.25) is 19.2 Å². The van der Waals surface area contributed by atoms with E-state index in [1.165, 1.54) is 0 Å². The Morgan fingerprint density at radius 2 is 0.650 bits per heavy atom.